The molecule has 7 heteroatoms. The summed E-state index contributed by atoms with van der Waals surface area (Å²) in [4.78, 5) is 10.7. The fraction of sp³-hybridized carbons (Fsp3) is 0.462. The van der Waals surface area contributed by atoms with Crippen molar-refractivity contribution in [2.24, 2.45) is 12.8 Å². The molecular formula is C13H16N4O3. The molecule has 1 aliphatic carbocycles. The molecule has 0 saturated heterocycles. The summed E-state index contributed by atoms with van der Waals surface area (Å²) in [6, 6.07) is 3.49. The van der Waals surface area contributed by atoms with E-state index in [1.807, 2.05) is 6.07 Å². The Balaban J connectivity index is 1.88. The van der Waals surface area contributed by atoms with Gasteiger partial charge in [0, 0.05) is 30.7 Å². The Labute approximate surface area is 115 Å². The van der Waals surface area contributed by atoms with Crippen LogP contribution in [0.2, 0.25) is 0 Å². The fourth-order valence-corrected chi connectivity index (χ4v) is 2.42. The van der Waals surface area contributed by atoms with Gasteiger partial charge < -0.3 is 10.5 Å². The minimum Gasteiger partial charge on any atom is -0.372 e. The largest absolute Gasteiger partial charge is 0.372 e. The molecule has 1 aromatic heterocycles. The summed E-state index contributed by atoms with van der Waals surface area (Å²) in [7, 11) is 1.74. The molecule has 2 N–H and O–H groups in total. The van der Waals surface area contributed by atoms with Crippen LogP contribution in [0.25, 0.3) is 10.9 Å². The molecule has 0 aliphatic heterocycles. The maximum atomic E-state index is 11.1. The smallest absolute Gasteiger partial charge is 0.297 e. The number of nitro benzene ring substituents is 1. The predicted octanol–water partition coefficient (Wildman–Crippen LogP) is 1.49. The summed E-state index contributed by atoms with van der Waals surface area (Å²) < 4.78 is 7.27. The van der Waals surface area contributed by atoms with E-state index in [9.17, 15) is 10.1 Å². The van der Waals surface area contributed by atoms with Crippen LogP contribution in [-0.4, -0.2) is 26.8 Å². The first-order valence-corrected chi connectivity index (χ1v) is 6.52. The molecule has 20 heavy (non-hydrogen) atoms. The summed E-state index contributed by atoms with van der Waals surface area (Å²) in [5, 5.41) is 16.0. The molecule has 1 heterocycles. The quantitative estimate of drug-likeness (QED) is 0.674. The zero-order chi connectivity index (χ0) is 14.3. The minimum atomic E-state index is -0.409. The van der Waals surface area contributed by atoms with E-state index in [-0.39, 0.29) is 17.8 Å². The van der Waals surface area contributed by atoms with E-state index in [0.29, 0.717) is 12.1 Å². The first-order chi connectivity index (χ1) is 9.54. The second kappa shape index (κ2) is 4.84. The summed E-state index contributed by atoms with van der Waals surface area (Å²) in [6.45, 7) is 0.337. The van der Waals surface area contributed by atoms with Crippen molar-refractivity contribution in [1.82, 2.24) is 9.78 Å². The lowest BCUT2D eigenvalue weighted by Crippen LogP contribution is -2.45. The number of ether oxygens (including phenoxy) is 1. The van der Waals surface area contributed by atoms with Crippen molar-refractivity contribution in [1.29, 1.82) is 0 Å². The third kappa shape index (κ3) is 2.25. The molecule has 1 saturated carbocycles. The van der Waals surface area contributed by atoms with Gasteiger partial charge in [-0.15, -0.1) is 0 Å². The number of aromatic nitrogens is 2. The van der Waals surface area contributed by atoms with Crippen LogP contribution in [0, 0.1) is 10.1 Å². The number of hydrogen-bond acceptors (Lipinski definition) is 5. The number of aryl methyl sites for hydroxylation is 1. The summed E-state index contributed by atoms with van der Waals surface area (Å²) in [5.41, 5.74) is 7.00. The standard InChI is InChI=1S/C13H16N4O3/c1-16-6-9-4-8(7-20-12-3-2-10(12)14)5-11(17(18)19)13(9)15-16/h4-6,10,12H,2-3,7,14H2,1H3/t10-,12-/m1/s1. The van der Waals surface area contributed by atoms with Gasteiger partial charge in [-0.05, 0) is 24.5 Å². The first kappa shape index (κ1) is 13.0. The molecule has 1 fully saturated rings. The number of nitrogens with two attached hydrogens (primary N) is 1. The van der Waals surface area contributed by atoms with Crippen molar-refractivity contribution in [2.75, 3.05) is 0 Å². The maximum Gasteiger partial charge on any atom is 0.297 e. The lowest BCUT2D eigenvalue weighted by molar-refractivity contribution is -0.383. The molecule has 1 aliphatic rings. The van der Waals surface area contributed by atoms with E-state index in [1.165, 1.54) is 6.07 Å². The monoisotopic (exact) mass is 276 g/mol. The lowest BCUT2D eigenvalue weighted by atomic mass is 9.90. The van der Waals surface area contributed by atoms with Gasteiger partial charge in [-0.1, -0.05) is 0 Å². The van der Waals surface area contributed by atoms with Crippen LogP contribution in [0.1, 0.15) is 18.4 Å². The average Bonchev–Trinajstić information content (AvgIpc) is 2.76. The van der Waals surface area contributed by atoms with E-state index >= 15 is 0 Å². The number of nitro groups is 1. The van der Waals surface area contributed by atoms with Gasteiger partial charge in [0.1, 0.15) is 0 Å². The highest BCUT2D eigenvalue weighted by molar-refractivity contribution is 5.87. The van der Waals surface area contributed by atoms with Crippen molar-refractivity contribution in [2.45, 2.75) is 31.6 Å². The number of rotatable bonds is 4. The average molecular weight is 276 g/mol. The summed E-state index contributed by atoms with van der Waals surface area (Å²) >= 11 is 0. The van der Waals surface area contributed by atoms with E-state index in [1.54, 1.807) is 17.9 Å². The van der Waals surface area contributed by atoms with Gasteiger partial charge in [-0.2, -0.15) is 5.10 Å². The highest BCUT2D eigenvalue weighted by Crippen LogP contribution is 2.28. The molecule has 3 rings (SSSR count). The second-order valence-corrected chi connectivity index (χ2v) is 5.20. The molecule has 0 radical (unpaired) electrons. The van der Waals surface area contributed by atoms with Crippen LogP contribution in [0.4, 0.5) is 5.69 Å². The Bertz CT molecular complexity index is 667. The van der Waals surface area contributed by atoms with E-state index in [4.69, 9.17) is 10.5 Å². The Morgan fingerprint density at radius 2 is 2.35 bits per heavy atom. The molecule has 0 unspecified atom stereocenters. The number of fused-ring (bicyclic) bond motifs is 1. The SMILES string of the molecule is Cn1cc2cc(CO[C@@H]3CC[C@H]3N)cc([N+](=O)[O-])c2n1. The van der Waals surface area contributed by atoms with Crippen LogP contribution in [0.5, 0.6) is 0 Å². The molecule has 0 bridgehead atoms. The van der Waals surface area contributed by atoms with E-state index < -0.39 is 4.92 Å². The van der Waals surface area contributed by atoms with Crippen LogP contribution in [-0.2, 0) is 18.4 Å². The Morgan fingerprint density at radius 1 is 1.55 bits per heavy atom. The molecular weight excluding hydrogens is 260 g/mol. The normalized spacial score (nSPS) is 21.9. The number of hydrogen-bond donors (Lipinski definition) is 1. The van der Waals surface area contributed by atoms with Crippen molar-refractivity contribution in [3.63, 3.8) is 0 Å². The molecule has 0 spiro atoms. The molecule has 2 atom stereocenters. The van der Waals surface area contributed by atoms with E-state index in [2.05, 4.69) is 5.10 Å². The van der Waals surface area contributed by atoms with E-state index in [0.717, 1.165) is 23.8 Å². The van der Waals surface area contributed by atoms with Crippen LogP contribution < -0.4 is 5.73 Å². The van der Waals surface area contributed by atoms with Crippen LogP contribution in [0.15, 0.2) is 18.3 Å². The number of benzene rings is 1. The zero-order valence-corrected chi connectivity index (χ0v) is 11.2. The Kier molecular flexibility index (Phi) is 3.15. The summed E-state index contributed by atoms with van der Waals surface area (Å²) in [5.74, 6) is 0. The lowest BCUT2D eigenvalue weighted by Gasteiger charge is -2.33. The van der Waals surface area contributed by atoms with Gasteiger partial charge in [0.05, 0.1) is 17.6 Å². The van der Waals surface area contributed by atoms with Crippen molar-refractivity contribution >= 4 is 16.6 Å². The first-order valence-electron chi connectivity index (χ1n) is 6.52. The maximum absolute atomic E-state index is 11.1. The number of nitrogens with zero attached hydrogens (tertiary/aromatic N) is 3. The van der Waals surface area contributed by atoms with Crippen LogP contribution >= 0.6 is 0 Å². The van der Waals surface area contributed by atoms with Crippen molar-refractivity contribution < 1.29 is 9.66 Å². The van der Waals surface area contributed by atoms with Crippen molar-refractivity contribution in [3.8, 4) is 0 Å². The highest BCUT2D eigenvalue weighted by Gasteiger charge is 2.28. The zero-order valence-electron chi connectivity index (χ0n) is 11.2. The highest BCUT2D eigenvalue weighted by atomic mass is 16.6. The van der Waals surface area contributed by atoms with Crippen molar-refractivity contribution in [3.05, 3.63) is 34.0 Å². The van der Waals surface area contributed by atoms with Gasteiger partial charge in [0.2, 0.25) is 0 Å². The molecule has 7 nitrogen and oxygen atoms in total. The molecule has 2 aromatic rings. The molecule has 1 aromatic carbocycles. The van der Waals surface area contributed by atoms with Gasteiger partial charge in [0.15, 0.2) is 5.52 Å². The number of non-ortho nitro benzene ring substituents is 1. The summed E-state index contributed by atoms with van der Waals surface area (Å²) in [6.07, 6.45) is 3.77. The van der Waals surface area contributed by atoms with Gasteiger partial charge in [-0.25, -0.2) is 0 Å². The molecule has 106 valence electrons. The van der Waals surface area contributed by atoms with Gasteiger partial charge in [0.25, 0.3) is 5.69 Å². The molecule has 0 amide bonds. The fourth-order valence-electron chi connectivity index (χ4n) is 2.42. The van der Waals surface area contributed by atoms with Gasteiger partial charge >= 0.3 is 0 Å². The Morgan fingerprint density at radius 3 is 2.95 bits per heavy atom. The Hall–Kier alpha value is -1.99. The predicted molar refractivity (Wildman–Crippen MR) is 73.2 cm³/mol. The van der Waals surface area contributed by atoms with Gasteiger partial charge in [-0.3, -0.25) is 14.8 Å². The minimum absolute atomic E-state index is 0.0135. The van der Waals surface area contributed by atoms with Crippen LogP contribution in [0.3, 0.4) is 0 Å². The third-order valence-corrected chi connectivity index (χ3v) is 3.69. The second-order valence-electron chi connectivity index (χ2n) is 5.20. The third-order valence-electron chi connectivity index (χ3n) is 3.69. The topological polar surface area (TPSA) is 96.2 Å².